The molecule has 188 valence electrons. The minimum Gasteiger partial charge on any atom is -0.493 e. The molecule has 1 unspecified atom stereocenters. The first-order valence-electron chi connectivity index (χ1n) is 11.8. The molecule has 2 aromatic carbocycles. The van der Waals surface area contributed by atoms with E-state index in [0.29, 0.717) is 77.9 Å². The van der Waals surface area contributed by atoms with Gasteiger partial charge in [-0.2, -0.15) is 0 Å². The van der Waals surface area contributed by atoms with Crippen LogP contribution >= 0.6 is 0 Å². The van der Waals surface area contributed by atoms with Crippen molar-refractivity contribution in [2.24, 2.45) is 0 Å². The lowest BCUT2D eigenvalue weighted by molar-refractivity contribution is -0.116. The molecular weight excluding hydrogens is 464 g/mol. The molecule has 2 aliphatic rings. The summed E-state index contributed by atoms with van der Waals surface area (Å²) in [5.41, 5.74) is 3.11. The van der Waals surface area contributed by atoms with Crippen LogP contribution in [0.5, 0.6) is 11.5 Å². The molecule has 0 spiro atoms. The number of ketones is 1. The zero-order valence-corrected chi connectivity index (χ0v) is 20.3. The third-order valence-corrected chi connectivity index (χ3v) is 6.45. The predicted octanol–water partition coefficient (Wildman–Crippen LogP) is 2.26. The second kappa shape index (κ2) is 10.6. The number of Topliss-reactive ketones (excluding diaryl/α,β-unsaturated/α-hetero) is 1. The van der Waals surface area contributed by atoms with Gasteiger partial charge in [0, 0.05) is 42.9 Å². The number of rotatable bonds is 9. The summed E-state index contributed by atoms with van der Waals surface area (Å²) in [6, 6.07) is 8.89. The van der Waals surface area contributed by atoms with Gasteiger partial charge in [0.15, 0.2) is 17.3 Å². The quantitative estimate of drug-likeness (QED) is 0.355. The van der Waals surface area contributed by atoms with E-state index in [4.69, 9.17) is 18.9 Å². The zero-order valence-electron chi connectivity index (χ0n) is 20.3. The molecule has 10 heteroatoms. The molecule has 3 aromatic rings. The van der Waals surface area contributed by atoms with E-state index in [2.05, 4.69) is 20.2 Å². The number of aromatic nitrogens is 2. The average Bonchev–Trinajstić information content (AvgIpc) is 3.23. The minimum absolute atomic E-state index is 0.00450. The van der Waals surface area contributed by atoms with Gasteiger partial charge in [-0.05, 0) is 29.8 Å². The van der Waals surface area contributed by atoms with Gasteiger partial charge in [0.2, 0.25) is 5.91 Å². The monoisotopic (exact) mass is 492 g/mol. The summed E-state index contributed by atoms with van der Waals surface area (Å²) in [4.78, 5) is 37.1. The highest BCUT2D eigenvalue weighted by molar-refractivity contribution is 6.08. The van der Waals surface area contributed by atoms with E-state index in [9.17, 15) is 9.59 Å². The van der Waals surface area contributed by atoms with Crippen molar-refractivity contribution in [1.82, 2.24) is 14.9 Å². The largest absolute Gasteiger partial charge is 0.493 e. The van der Waals surface area contributed by atoms with Crippen molar-refractivity contribution >= 4 is 28.3 Å². The van der Waals surface area contributed by atoms with E-state index in [-0.39, 0.29) is 11.7 Å². The van der Waals surface area contributed by atoms with E-state index < -0.39 is 5.92 Å². The molecule has 1 amide bonds. The fourth-order valence-electron chi connectivity index (χ4n) is 4.58. The summed E-state index contributed by atoms with van der Waals surface area (Å²) in [6.07, 6.45) is 1.43. The van der Waals surface area contributed by atoms with Gasteiger partial charge in [-0.1, -0.05) is 0 Å². The molecule has 10 nitrogen and oxygen atoms in total. The first kappa shape index (κ1) is 24.1. The molecule has 0 radical (unpaired) electrons. The number of anilines is 1. The number of nitrogens with zero attached hydrogens (tertiary/aromatic N) is 3. The summed E-state index contributed by atoms with van der Waals surface area (Å²) >= 11 is 0. The smallest absolute Gasteiger partial charge is 0.238 e. The van der Waals surface area contributed by atoms with Crippen molar-refractivity contribution in [1.29, 1.82) is 0 Å². The molecule has 2 aliphatic heterocycles. The summed E-state index contributed by atoms with van der Waals surface area (Å²) < 4.78 is 21.8. The van der Waals surface area contributed by atoms with Crippen LogP contribution in [0.15, 0.2) is 36.7 Å². The molecule has 1 N–H and O–H groups in total. The van der Waals surface area contributed by atoms with Crippen LogP contribution in [0, 0.1) is 0 Å². The summed E-state index contributed by atoms with van der Waals surface area (Å²) in [6.45, 7) is 3.81. The highest BCUT2D eigenvalue weighted by Gasteiger charge is 2.35. The van der Waals surface area contributed by atoms with Gasteiger partial charge >= 0.3 is 0 Å². The Labute approximate surface area is 208 Å². The molecular formula is C26H28N4O6. The molecule has 0 aliphatic carbocycles. The summed E-state index contributed by atoms with van der Waals surface area (Å²) in [5.74, 6) is 0.139. The van der Waals surface area contributed by atoms with Crippen molar-refractivity contribution in [2.45, 2.75) is 5.92 Å². The van der Waals surface area contributed by atoms with Gasteiger partial charge in [0.25, 0.3) is 0 Å². The number of hydrogen-bond acceptors (Lipinski definition) is 9. The summed E-state index contributed by atoms with van der Waals surface area (Å²) in [7, 11) is 3.16. The van der Waals surface area contributed by atoms with Gasteiger partial charge in [0.1, 0.15) is 18.9 Å². The van der Waals surface area contributed by atoms with Crippen LogP contribution in [0.1, 0.15) is 27.5 Å². The van der Waals surface area contributed by atoms with E-state index in [1.165, 1.54) is 6.33 Å². The number of carbonyl (C=O) groups excluding carboxylic acids is 2. The number of benzene rings is 2. The Morgan fingerprint density at radius 2 is 1.94 bits per heavy atom. The topological polar surface area (TPSA) is 112 Å². The van der Waals surface area contributed by atoms with Gasteiger partial charge in [-0.3, -0.25) is 14.5 Å². The number of morpholine rings is 1. The van der Waals surface area contributed by atoms with Crippen molar-refractivity contribution in [3.05, 3.63) is 53.5 Å². The molecule has 5 rings (SSSR count). The Morgan fingerprint density at radius 1 is 1.11 bits per heavy atom. The van der Waals surface area contributed by atoms with Crippen LogP contribution in [0.2, 0.25) is 0 Å². The number of amides is 1. The molecule has 0 bridgehead atoms. The van der Waals surface area contributed by atoms with Crippen molar-refractivity contribution in [2.75, 3.05) is 65.6 Å². The number of ether oxygens (including phenoxy) is 4. The maximum atomic E-state index is 13.1. The molecule has 1 saturated heterocycles. The lowest BCUT2D eigenvalue weighted by atomic mass is 9.92. The second-order valence-corrected chi connectivity index (χ2v) is 8.66. The Bertz CT molecular complexity index is 1290. The SMILES string of the molecule is COCCOc1cc2ncnc(C3C(=O)Nc4ccc(C(=O)CN5CCOCC5)cc43)c2cc1OC. The lowest BCUT2D eigenvalue weighted by Crippen LogP contribution is -2.39. The average molecular weight is 493 g/mol. The Kier molecular flexibility index (Phi) is 7.08. The maximum absolute atomic E-state index is 13.1. The van der Waals surface area contributed by atoms with Crippen LogP contribution in [-0.2, 0) is 14.3 Å². The standard InChI is InChI=1S/C26H28N4O6/c1-33-9-10-36-23-13-20-18(12-22(23)34-2)25(28-15-27-20)24-17-11-16(3-4-19(17)29-26(24)32)21(31)14-30-5-7-35-8-6-30/h3-4,11-13,15,24H,5-10,14H2,1-2H3,(H,29,32). The predicted molar refractivity (Wildman–Crippen MR) is 132 cm³/mol. The lowest BCUT2D eigenvalue weighted by Gasteiger charge is -2.25. The third-order valence-electron chi connectivity index (χ3n) is 6.45. The van der Waals surface area contributed by atoms with Gasteiger partial charge in [-0.15, -0.1) is 0 Å². The number of nitrogens with one attached hydrogen (secondary N) is 1. The highest BCUT2D eigenvalue weighted by Crippen LogP contribution is 2.41. The van der Waals surface area contributed by atoms with E-state index in [1.54, 1.807) is 44.6 Å². The van der Waals surface area contributed by atoms with Crippen LogP contribution in [0.25, 0.3) is 10.9 Å². The molecule has 1 atom stereocenters. The molecule has 3 heterocycles. The van der Waals surface area contributed by atoms with Gasteiger partial charge in [-0.25, -0.2) is 9.97 Å². The second-order valence-electron chi connectivity index (χ2n) is 8.66. The molecule has 0 saturated carbocycles. The van der Waals surface area contributed by atoms with Gasteiger partial charge in [0.05, 0.1) is 44.7 Å². The number of hydrogen-bond donors (Lipinski definition) is 1. The minimum atomic E-state index is -0.688. The zero-order chi connectivity index (χ0) is 25.1. The van der Waals surface area contributed by atoms with Crippen LogP contribution < -0.4 is 14.8 Å². The van der Waals surface area contributed by atoms with Crippen molar-refractivity contribution in [3.8, 4) is 11.5 Å². The Hall–Kier alpha value is -3.60. The van der Waals surface area contributed by atoms with E-state index in [0.717, 1.165) is 13.1 Å². The number of fused-ring (bicyclic) bond motifs is 2. The van der Waals surface area contributed by atoms with Crippen molar-refractivity contribution in [3.63, 3.8) is 0 Å². The van der Waals surface area contributed by atoms with Crippen LogP contribution in [0.4, 0.5) is 5.69 Å². The number of methoxy groups -OCH3 is 2. The normalized spacial score (nSPS) is 17.6. The molecule has 1 aromatic heterocycles. The maximum Gasteiger partial charge on any atom is 0.238 e. The Balaban J connectivity index is 1.49. The number of carbonyl (C=O) groups is 2. The molecule has 36 heavy (non-hydrogen) atoms. The highest BCUT2D eigenvalue weighted by atomic mass is 16.5. The molecule has 1 fully saturated rings. The first-order chi connectivity index (χ1) is 17.6. The fraction of sp³-hybridized carbons (Fsp3) is 0.385. The van der Waals surface area contributed by atoms with Crippen LogP contribution in [-0.4, -0.2) is 86.8 Å². The fourth-order valence-corrected chi connectivity index (χ4v) is 4.58. The van der Waals surface area contributed by atoms with Crippen LogP contribution in [0.3, 0.4) is 0 Å². The third kappa shape index (κ3) is 4.75. The van der Waals surface area contributed by atoms with E-state index in [1.807, 2.05) is 0 Å². The van der Waals surface area contributed by atoms with Crippen molar-refractivity contribution < 1.29 is 28.5 Å². The first-order valence-corrected chi connectivity index (χ1v) is 11.8. The van der Waals surface area contributed by atoms with E-state index >= 15 is 0 Å². The van der Waals surface area contributed by atoms with Gasteiger partial charge < -0.3 is 24.3 Å². The summed E-state index contributed by atoms with van der Waals surface area (Å²) in [5, 5.41) is 3.60. The Morgan fingerprint density at radius 3 is 2.72 bits per heavy atom.